The molecule has 1 heterocycles. The van der Waals surface area contributed by atoms with Gasteiger partial charge in [-0.3, -0.25) is 9.59 Å². The summed E-state index contributed by atoms with van der Waals surface area (Å²) in [6.07, 6.45) is -0.0429. The van der Waals surface area contributed by atoms with Gasteiger partial charge in [-0.15, -0.1) is 0 Å². The maximum absolute atomic E-state index is 13.2. The van der Waals surface area contributed by atoms with E-state index in [1.54, 1.807) is 6.92 Å². The van der Waals surface area contributed by atoms with Crippen LogP contribution in [-0.2, 0) is 16.0 Å². The zero-order valence-electron chi connectivity index (χ0n) is 8.98. The Morgan fingerprint density at radius 1 is 1.41 bits per heavy atom. The molecule has 1 N–H and O–H groups in total. The fraction of sp³-hybridized carbons (Fsp3) is 0.400. The van der Waals surface area contributed by atoms with E-state index in [1.165, 1.54) is 0 Å². The van der Waals surface area contributed by atoms with Gasteiger partial charge in [-0.2, -0.15) is 4.39 Å². The van der Waals surface area contributed by atoms with Crippen LogP contribution in [0.25, 0.3) is 0 Å². The Bertz CT molecular complexity index is 487. The van der Waals surface area contributed by atoms with Gasteiger partial charge < -0.3 is 9.72 Å². The Kier molecular flexibility index (Phi) is 4.96. The lowest BCUT2D eigenvalue weighted by Gasteiger charge is -2.05. The molecule has 0 aliphatic heterocycles. The van der Waals surface area contributed by atoms with Crippen molar-refractivity contribution in [2.75, 3.05) is 6.61 Å². The number of carbonyl (C=O) groups excluding carboxylic acids is 1. The molecule has 0 atom stereocenters. The SMILES string of the molecule is CCOC(=O)CCc1c(Cl)[nH]c(Cl)c(F)c1=O. The lowest BCUT2D eigenvalue weighted by Crippen LogP contribution is -2.17. The van der Waals surface area contributed by atoms with Crippen molar-refractivity contribution in [3.8, 4) is 0 Å². The highest BCUT2D eigenvalue weighted by molar-refractivity contribution is 6.32. The number of ether oxygens (including phenoxy) is 1. The maximum atomic E-state index is 13.2. The highest BCUT2D eigenvalue weighted by Crippen LogP contribution is 2.17. The third-order valence-electron chi connectivity index (χ3n) is 2.04. The van der Waals surface area contributed by atoms with Gasteiger partial charge in [0.05, 0.1) is 6.61 Å². The first-order valence-corrected chi connectivity index (χ1v) is 5.64. The lowest BCUT2D eigenvalue weighted by atomic mass is 10.1. The molecule has 0 fully saturated rings. The van der Waals surface area contributed by atoms with Gasteiger partial charge in [-0.05, 0) is 13.3 Å². The van der Waals surface area contributed by atoms with Gasteiger partial charge in [0.15, 0.2) is 0 Å². The minimum atomic E-state index is -1.10. The number of aromatic amines is 1. The van der Waals surface area contributed by atoms with Gasteiger partial charge in [0.1, 0.15) is 10.3 Å². The van der Waals surface area contributed by atoms with E-state index in [4.69, 9.17) is 23.2 Å². The summed E-state index contributed by atoms with van der Waals surface area (Å²) < 4.78 is 17.9. The van der Waals surface area contributed by atoms with Crippen molar-refractivity contribution in [1.29, 1.82) is 0 Å². The molecule has 94 valence electrons. The van der Waals surface area contributed by atoms with Gasteiger partial charge in [0.2, 0.25) is 11.2 Å². The molecule has 0 radical (unpaired) electrons. The van der Waals surface area contributed by atoms with Crippen molar-refractivity contribution in [3.63, 3.8) is 0 Å². The number of hydrogen-bond donors (Lipinski definition) is 1. The fourth-order valence-electron chi connectivity index (χ4n) is 1.24. The number of aromatic nitrogens is 1. The largest absolute Gasteiger partial charge is 0.466 e. The van der Waals surface area contributed by atoms with Crippen LogP contribution in [-0.4, -0.2) is 17.6 Å². The summed E-state index contributed by atoms with van der Waals surface area (Å²) in [5.41, 5.74) is -0.912. The Labute approximate surface area is 107 Å². The summed E-state index contributed by atoms with van der Waals surface area (Å²) >= 11 is 11.1. The van der Waals surface area contributed by atoms with Crippen LogP contribution < -0.4 is 5.43 Å². The van der Waals surface area contributed by atoms with E-state index < -0.39 is 22.4 Å². The smallest absolute Gasteiger partial charge is 0.306 e. The number of esters is 1. The van der Waals surface area contributed by atoms with E-state index in [0.29, 0.717) is 0 Å². The van der Waals surface area contributed by atoms with Gasteiger partial charge in [0.25, 0.3) is 0 Å². The second kappa shape index (κ2) is 6.02. The molecule has 0 amide bonds. The summed E-state index contributed by atoms with van der Waals surface area (Å²) in [4.78, 5) is 24.9. The van der Waals surface area contributed by atoms with E-state index in [0.717, 1.165) is 0 Å². The fourth-order valence-corrected chi connectivity index (χ4v) is 1.75. The van der Waals surface area contributed by atoms with Crippen molar-refractivity contribution >= 4 is 29.2 Å². The number of nitrogens with one attached hydrogen (secondary N) is 1. The number of halogens is 3. The summed E-state index contributed by atoms with van der Waals surface area (Å²) in [7, 11) is 0. The molecule has 0 unspecified atom stereocenters. The predicted octanol–water partition coefficient (Wildman–Crippen LogP) is 2.32. The van der Waals surface area contributed by atoms with Crippen LogP contribution in [0.1, 0.15) is 18.9 Å². The molecule has 0 bridgehead atoms. The van der Waals surface area contributed by atoms with Crippen LogP contribution in [0.5, 0.6) is 0 Å². The minimum absolute atomic E-state index is 0.00108. The molecule has 17 heavy (non-hydrogen) atoms. The molecular weight excluding hydrogens is 272 g/mol. The van der Waals surface area contributed by atoms with Crippen molar-refractivity contribution < 1.29 is 13.9 Å². The summed E-state index contributed by atoms with van der Waals surface area (Å²) in [5.74, 6) is -1.58. The number of rotatable bonds is 4. The lowest BCUT2D eigenvalue weighted by molar-refractivity contribution is -0.143. The molecule has 0 saturated heterocycles. The van der Waals surface area contributed by atoms with Crippen molar-refractivity contribution in [3.05, 3.63) is 31.9 Å². The van der Waals surface area contributed by atoms with Crippen LogP contribution >= 0.6 is 23.2 Å². The molecule has 0 aliphatic carbocycles. The highest BCUT2D eigenvalue weighted by Gasteiger charge is 2.16. The molecule has 1 aromatic heterocycles. The first kappa shape index (κ1) is 14.0. The Balaban J connectivity index is 2.89. The number of pyridine rings is 1. The zero-order valence-corrected chi connectivity index (χ0v) is 10.5. The Hall–Kier alpha value is -1.07. The molecule has 1 aromatic rings. The Morgan fingerprint density at radius 2 is 2.06 bits per heavy atom. The van der Waals surface area contributed by atoms with Gasteiger partial charge in [-0.25, -0.2) is 0 Å². The molecule has 0 aliphatic rings. The van der Waals surface area contributed by atoms with Crippen LogP contribution in [0.15, 0.2) is 4.79 Å². The summed E-state index contributed by atoms with van der Waals surface area (Å²) in [6.45, 7) is 1.91. The normalized spacial score (nSPS) is 10.4. The molecule has 4 nitrogen and oxygen atoms in total. The van der Waals surface area contributed by atoms with E-state index in [9.17, 15) is 14.0 Å². The third-order valence-corrected chi connectivity index (χ3v) is 2.62. The summed E-state index contributed by atoms with van der Waals surface area (Å²) in [6, 6.07) is 0. The maximum Gasteiger partial charge on any atom is 0.306 e. The third kappa shape index (κ3) is 3.44. The van der Waals surface area contributed by atoms with Gasteiger partial charge in [-0.1, -0.05) is 23.2 Å². The van der Waals surface area contributed by atoms with Crippen LogP contribution in [0.2, 0.25) is 10.3 Å². The topological polar surface area (TPSA) is 59.2 Å². The number of hydrogen-bond acceptors (Lipinski definition) is 3. The van der Waals surface area contributed by atoms with E-state index in [2.05, 4.69) is 9.72 Å². The molecular formula is C10H10Cl2FNO3. The first-order valence-electron chi connectivity index (χ1n) is 4.88. The van der Waals surface area contributed by atoms with E-state index in [1.807, 2.05) is 0 Å². The van der Waals surface area contributed by atoms with Crippen LogP contribution in [0.4, 0.5) is 4.39 Å². The predicted molar refractivity (Wildman–Crippen MR) is 62.0 cm³/mol. The Morgan fingerprint density at radius 3 is 2.65 bits per heavy atom. The molecule has 0 saturated carbocycles. The second-order valence-electron chi connectivity index (χ2n) is 3.18. The summed E-state index contributed by atoms with van der Waals surface area (Å²) in [5, 5.41) is -0.509. The van der Waals surface area contributed by atoms with Gasteiger partial charge >= 0.3 is 5.97 Å². The average Bonchev–Trinajstić information content (AvgIpc) is 2.26. The van der Waals surface area contributed by atoms with Crippen LogP contribution in [0, 0.1) is 5.82 Å². The monoisotopic (exact) mass is 281 g/mol. The van der Waals surface area contributed by atoms with Crippen LogP contribution in [0.3, 0.4) is 0 Å². The molecule has 1 rings (SSSR count). The minimum Gasteiger partial charge on any atom is -0.466 e. The molecule has 7 heteroatoms. The first-order chi connectivity index (χ1) is 7.97. The molecule has 0 spiro atoms. The highest BCUT2D eigenvalue weighted by atomic mass is 35.5. The van der Waals surface area contributed by atoms with Crippen molar-refractivity contribution in [2.45, 2.75) is 19.8 Å². The van der Waals surface area contributed by atoms with Gasteiger partial charge in [0, 0.05) is 12.0 Å². The number of carbonyl (C=O) groups is 1. The average molecular weight is 282 g/mol. The standard InChI is InChI=1S/C10H10Cl2FNO3/c1-2-17-6(15)4-3-5-8(16)7(13)10(12)14-9(5)11/h2-4H2,1H3,(H,14,16). The molecule has 0 aromatic carbocycles. The van der Waals surface area contributed by atoms with Crippen molar-refractivity contribution in [2.24, 2.45) is 0 Å². The number of H-pyrrole nitrogens is 1. The van der Waals surface area contributed by atoms with Crippen molar-refractivity contribution in [1.82, 2.24) is 4.98 Å². The van der Waals surface area contributed by atoms with E-state index in [-0.39, 0.29) is 30.2 Å². The zero-order chi connectivity index (χ0) is 13.0. The quantitative estimate of drug-likeness (QED) is 0.681. The second-order valence-corrected chi connectivity index (χ2v) is 3.94. The van der Waals surface area contributed by atoms with E-state index >= 15 is 0 Å².